The maximum atomic E-state index is 13.2. The molecule has 0 bridgehead atoms. The Morgan fingerprint density at radius 1 is 0.619 bits per heavy atom. The van der Waals surface area contributed by atoms with Gasteiger partial charge >= 0.3 is 0 Å². The molecule has 0 aliphatic carbocycles. The average Bonchev–Trinajstić information content (AvgIpc) is 3.59. The van der Waals surface area contributed by atoms with Crippen molar-refractivity contribution in [2.75, 3.05) is 13.1 Å². The second kappa shape index (κ2) is 11.7. The Morgan fingerprint density at radius 3 is 1.64 bits per heavy atom. The van der Waals surface area contributed by atoms with E-state index in [1.807, 2.05) is 48.5 Å². The van der Waals surface area contributed by atoms with Crippen molar-refractivity contribution in [3.8, 4) is 33.4 Å². The number of rotatable bonds is 8. The zero-order valence-corrected chi connectivity index (χ0v) is 23.8. The van der Waals surface area contributed by atoms with Gasteiger partial charge in [0.1, 0.15) is 0 Å². The van der Waals surface area contributed by atoms with Gasteiger partial charge in [0.2, 0.25) is 10.0 Å². The zero-order valence-electron chi connectivity index (χ0n) is 23.0. The Labute approximate surface area is 245 Å². The summed E-state index contributed by atoms with van der Waals surface area (Å²) in [5.41, 5.74) is 6.41. The fourth-order valence-corrected chi connectivity index (χ4v) is 6.88. The van der Waals surface area contributed by atoms with E-state index in [-0.39, 0.29) is 17.2 Å². The van der Waals surface area contributed by atoms with E-state index in [1.165, 1.54) is 27.2 Å². The lowest BCUT2D eigenvalue weighted by Gasteiger charge is -2.16. The summed E-state index contributed by atoms with van der Waals surface area (Å²) < 4.78 is 28.6. The largest absolute Gasteiger partial charge is 0.306 e. The fraction of sp³-hybridized carbons (Fsp3) is 0.143. The lowest BCUT2D eigenvalue weighted by molar-refractivity contribution is 0.0970. The Hall–Kier alpha value is -4.59. The minimum Gasteiger partial charge on any atom is -0.306 e. The molecule has 5 aromatic rings. The minimum absolute atomic E-state index is 0.0275. The topological polar surface area (TPSA) is 76.5 Å². The molecule has 0 amide bonds. The van der Waals surface area contributed by atoms with Crippen LogP contribution in [0.2, 0.25) is 0 Å². The number of carbonyl (C=O) groups is 1. The number of nitrogens with zero attached hydrogens (tertiary/aromatic N) is 2. The SMILES string of the molecule is O=C(Cn1cc(S(=O)(=O)N2CCCC2)ccc1=O)c1ccc(-c2cc(-c3ccccc3)cc(-c3ccccc3)c2)cc1. The third-order valence-electron chi connectivity index (χ3n) is 7.66. The standard InChI is InChI=1S/C35H30N2O4S/c38-34(25-36-24-33(17-18-35(36)39)42(40,41)37-19-7-8-20-37)29-15-13-28(14-16-29)32-22-30(26-9-3-1-4-10-26)21-31(23-32)27-11-5-2-6-12-27/h1-6,9-18,21-24H,7-8,19-20,25H2. The highest BCUT2D eigenvalue weighted by molar-refractivity contribution is 7.89. The van der Waals surface area contributed by atoms with Crippen LogP contribution in [0.1, 0.15) is 23.2 Å². The lowest BCUT2D eigenvalue weighted by Crippen LogP contribution is -2.30. The van der Waals surface area contributed by atoms with Gasteiger partial charge in [-0.1, -0.05) is 84.9 Å². The molecule has 7 heteroatoms. The summed E-state index contributed by atoms with van der Waals surface area (Å²) in [7, 11) is -3.70. The highest BCUT2D eigenvalue weighted by Gasteiger charge is 2.27. The summed E-state index contributed by atoms with van der Waals surface area (Å²) in [5, 5.41) is 0. The molecule has 0 unspecified atom stereocenters. The van der Waals surface area contributed by atoms with Crippen molar-refractivity contribution in [1.29, 1.82) is 0 Å². The average molecular weight is 575 g/mol. The molecule has 0 atom stereocenters. The van der Waals surface area contributed by atoms with Gasteiger partial charge in [-0.25, -0.2) is 8.42 Å². The van der Waals surface area contributed by atoms with Crippen LogP contribution in [0.3, 0.4) is 0 Å². The number of Topliss-reactive ketones (excluding diaryl/α,β-unsaturated/α-hetero) is 1. The van der Waals surface area contributed by atoms with Crippen LogP contribution >= 0.6 is 0 Å². The van der Waals surface area contributed by atoms with E-state index in [1.54, 1.807) is 12.1 Å². The molecule has 2 heterocycles. The molecule has 1 aliphatic rings. The molecule has 6 nitrogen and oxygen atoms in total. The Morgan fingerprint density at radius 2 is 1.12 bits per heavy atom. The van der Waals surface area contributed by atoms with E-state index >= 15 is 0 Å². The first-order valence-electron chi connectivity index (χ1n) is 14.0. The molecular formula is C35H30N2O4S. The Balaban J connectivity index is 1.28. The molecule has 4 aromatic carbocycles. The second-order valence-electron chi connectivity index (χ2n) is 10.5. The number of benzene rings is 4. The van der Waals surface area contributed by atoms with Crippen LogP contribution in [0, 0.1) is 0 Å². The van der Waals surface area contributed by atoms with E-state index in [0.717, 1.165) is 46.2 Å². The third-order valence-corrected chi connectivity index (χ3v) is 9.54. The van der Waals surface area contributed by atoms with Gasteiger partial charge in [0.05, 0.1) is 11.4 Å². The van der Waals surface area contributed by atoms with Gasteiger partial charge < -0.3 is 4.57 Å². The molecule has 1 saturated heterocycles. The smallest absolute Gasteiger partial charge is 0.251 e. The molecule has 0 N–H and O–H groups in total. The number of carbonyl (C=O) groups excluding carboxylic acids is 1. The van der Waals surface area contributed by atoms with Gasteiger partial charge in [-0.05, 0) is 70.5 Å². The van der Waals surface area contributed by atoms with Crippen LogP contribution in [-0.2, 0) is 16.6 Å². The number of ketones is 1. The van der Waals surface area contributed by atoms with Gasteiger partial charge in [-0.2, -0.15) is 4.31 Å². The van der Waals surface area contributed by atoms with E-state index in [2.05, 4.69) is 42.5 Å². The predicted octanol–water partition coefficient (Wildman–Crippen LogP) is 6.52. The maximum absolute atomic E-state index is 13.2. The number of sulfonamides is 1. The Bertz CT molecular complexity index is 1840. The van der Waals surface area contributed by atoms with Crippen LogP contribution in [-0.4, -0.2) is 36.2 Å². The number of hydrogen-bond donors (Lipinski definition) is 0. The van der Waals surface area contributed by atoms with Gasteiger partial charge in [0, 0.05) is 30.9 Å². The van der Waals surface area contributed by atoms with Gasteiger partial charge in [-0.15, -0.1) is 0 Å². The summed E-state index contributed by atoms with van der Waals surface area (Å²) in [6, 6.07) is 36.7. The molecule has 42 heavy (non-hydrogen) atoms. The van der Waals surface area contributed by atoms with E-state index in [0.29, 0.717) is 18.7 Å². The number of aromatic nitrogens is 1. The highest BCUT2D eigenvalue weighted by Crippen LogP contribution is 2.33. The molecule has 210 valence electrons. The summed E-state index contributed by atoms with van der Waals surface area (Å²) in [5.74, 6) is -0.276. The van der Waals surface area contributed by atoms with Crippen molar-refractivity contribution in [3.63, 3.8) is 0 Å². The second-order valence-corrected chi connectivity index (χ2v) is 12.4. The monoisotopic (exact) mass is 574 g/mol. The minimum atomic E-state index is -3.70. The van der Waals surface area contributed by atoms with Crippen molar-refractivity contribution in [2.45, 2.75) is 24.3 Å². The van der Waals surface area contributed by atoms with Gasteiger partial charge in [0.15, 0.2) is 5.78 Å². The van der Waals surface area contributed by atoms with Crippen molar-refractivity contribution in [2.24, 2.45) is 0 Å². The predicted molar refractivity (Wildman–Crippen MR) is 166 cm³/mol. The molecule has 1 fully saturated rings. The normalized spacial score (nSPS) is 13.7. The molecule has 0 spiro atoms. The fourth-order valence-electron chi connectivity index (χ4n) is 5.35. The zero-order chi connectivity index (χ0) is 29.1. The molecule has 0 saturated carbocycles. The van der Waals surface area contributed by atoms with Crippen molar-refractivity contribution in [3.05, 3.63) is 137 Å². The summed E-state index contributed by atoms with van der Waals surface area (Å²) >= 11 is 0. The van der Waals surface area contributed by atoms with Crippen LogP contribution < -0.4 is 5.56 Å². The van der Waals surface area contributed by atoms with E-state index in [9.17, 15) is 18.0 Å². The highest BCUT2D eigenvalue weighted by atomic mass is 32.2. The third kappa shape index (κ3) is 5.75. The maximum Gasteiger partial charge on any atom is 0.251 e. The van der Waals surface area contributed by atoms with Crippen LogP contribution in [0.4, 0.5) is 0 Å². The summed E-state index contributed by atoms with van der Waals surface area (Å²) in [4.78, 5) is 25.7. The lowest BCUT2D eigenvalue weighted by atomic mass is 9.93. The quantitative estimate of drug-likeness (QED) is 0.198. The van der Waals surface area contributed by atoms with Crippen molar-refractivity contribution in [1.82, 2.24) is 8.87 Å². The van der Waals surface area contributed by atoms with Crippen LogP contribution in [0.25, 0.3) is 33.4 Å². The molecule has 1 aliphatic heterocycles. The first-order chi connectivity index (χ1) is 20.4. The molecular weight excluding hydrogens is 544 g/mol. The first-order valence-corrected chi connectivity index (χ1v) is 15.4. The van der Waals surface area contributed by atoms with E-state index < -0.39 is 15.6 Å². The number of hydrogen-bond acceptors (Lipinski definition) is 4. The Kier molecular flexibility index (Phi) is 7.69. The molecule has 0 radical (unpaired) electrons. The van der Waals surface area contributed by atoms with E-state index in [4.69, 9.17) is 0 Å². The molecule has 6 rings (SSSR count). The van der Waals surface area contributed by atoms with Crippen LogP contribution in [0.15, 0.2) is 131 Å². The molecule has 1 aromatic heterocycles. The van der Waals surface area contributed by atoms with Crippen molar-refractivity contribution < 1.29 is 13.2 Å². The number of pyridine rings is 1. The van der Waals surface area contributed by atoms with Gasteiger partial charge in [-0.3, -0.25) is 9.59 Å². The first kappa shape index (κ1) is 27.6. The van der Waals surface area contributed by atoms with Gasteiger partial charge in [0.25, 0.3) is 5.56 Å². The summed E-state index contributed by atoms with van der Waals surface area (Å²) in [6.45, 7) is 0.685. The van der Waals surface area contributed by atoms with Crippen LogP contribution in [0.5, 0.6) is 0 Å². The van der Waals surface area contributed by atoms with Crippen molar-refractivity contribution >= 4 is 15.8 Å². The summed E-state index contributed by atoms with van der Waals surface area (Å²) in [6.07, 6.45) is 2.91.